The second kappa shape index (κ2) is 11.2. The molecule has 1 amide bonds. The van der Waals surface area contributed by atoms with E-state index in [-0.39, 0.29) is 24.0 Å². The van der Waals surface area contributed by atoms with E-state index < -0.39 is 15.9 Å². The zero-order valence-electron chi connectivity index (χ0n) is 20.6. The smallest absolute Gasteiger partial charge is 0.244 e. The van der Waals surface area contributed by atoms with E-state index in [2.05, 4.69) is 5.32 Å². The zero-order chi connectivity index (χ0) is 25.8. The molecule has 186 valence electrons. The maximum atomic E-state index is 13.8. The Labute approximate surface area is 212 Å². The molecule has 0 heterocycles. The number of methoxy groups -OCH3 is 1. The van der Waals surface area contributed by atoms with Crippen LogP contribution in [0.15, 0.2) is 65.6 Å². The molecule has 1 atom stereocenters. The van der Waals surface area contributed by atoms with Crippen molar-refractivity contribution in [1.29, 1.82) is 0 Å². The van der Waals surface area contributed by atoms with Gasteiger partial charge >= 0.3 is 0 Å². The summed E-state index contributed by atoms with van der Waals surface area (Å²) in [5.41, 5.74) is 3.90. The van der Waals surface area contributed by atoms with Gasteiger partial charge < -0.3 is 10.1 Å². The van der Waals surface area contributed by atoms with Gasteiger partial charge in [0.05, 0.1) is 24.6 Å². The van der Waals surface area contributed by atoms with Crippen molar-refractivity contribution in [3.8, 4) is 5.75 Å². The molecule has 0 saturated heterocycles. The lowest BCUT2D eigenvalue weighted by molar-refractivity contribution is -0.122. The first kappa shape index (κ1) is 26.7. The van der Waals surface area contributed by atoms with Crippen molar-refractivity contribution in [2.24, 2.45) is 0 Å². The molecule has 0 aliphatic carbocycles. The number of hydrogen-bond acceptors (Lipinski definition) is 4. The van der Waals surface area contributed by atoms with Crippen LogP contribution < -0.4 is 10.1 Å². The van der Waals surface area contributed by atoms with Gasteiger partial charge in [0.2, 0.25) is 15.9 Å². The standard InChI is InChI=1S/C27H31ClN2O4S/c1-18-14-19(2)27(20(3)15-18)35(32,33)30(16-22-6-10-24(28)11-7-22)17-26(31)29-21(4)23-8-12-25(34-5)13-9-23/h6-15,21H,16-17H2,1-5H3,(H,29,31)/t21-/m0/s1. The maximum absolute atomic E-state index is 13.8. The van der Waals surface area contributed by atoms with Crippen LogP contribution >= 0.6 is 11.6 Å². The van der Waals surface area contributed by atoms with Crippen LogP contribution in [0.4, 0.5) is 0 Å². The van der Waals surface area contributed by atoms with Crippen LogP contribution in [-0.4, -0.2) is 32.3 Å². The number of hydrogen-bond donors (Lipinski definition) is 1. The average Bonchev–Trinajstić information content (AvgIpc) is 2.79. The minimum absolute atomic E-state index is 0.0383. The van der Waals surface area contributed by atoms with Crippen molar-refractivity contribution < 1.29 is 17.9 Å². The highest BCUT2D eigenvalue weighted by molar-refractivity contribution is 7.89. The van der Waals surface area contributed by atoms with Gasteiger partial charge in [-0.1, -0.05) is 53.6 Å². The van der Waals surface area contributed by atoms with Crippen LogP contribution in [0.3, 0.4) is 0 Å². The maximum Gasteiger partial charge on any atom is 0.244 e. The predicted molar refractivity (Wildman–Crippen MR) is 139 cm³/mol. The van der Waals surface area contributed by atoms with Crippen LogP contribution in [0.1, 0.15) is 40.8 Å². The number of benzene rings is 3. The summed E-state index contributed by atoms with van der Waals surface area (Å²) in [6.45, 7) is 7.05. The third kappa shape index (κ3) is 6.63. The summed E-state index contributed by atoms with van der Waals surface area (Å²) in [6.07, 6.45) is 0. The van der Waals surface area contributed by atoms with Crippen molar-refractivity contribution in [3.63, 3.8) is 0 Å². The van der Waals surface area contributed by atoms with E-state index in [1.807, 2.05) is 50.2 Å². The number of nitrogens with one attached hydrogen (secondary N) is 1. The minimum Gasteiger partial charge on any atom is -0.497 e. The number of ether oxygens (including phenoxy) is 1. The van der Waals surface area contributed by atoms with Gasteiger partial charge in [-0.25, -0.2) is 8.42 Å². The van der Waals surface area contributed by atoms with Gasteiger partial charge in [-0.15, -0.1) is 0 Å². The molecule has 6 nitrogen and oxygen atoms in total. The van der Waals surface area contributed by atoms with Crippen LogP contribution in [0.25, 0.3) is 0 Å². The molecule has 0 aliphatic rings. The van der Waals surface area contributed by atoms with E-state index in [1.165, 1.54) is 4.31 Å². The normalized spacial score (nSPS) is 12.4. The highest BCUT2D eigenvalue weighted by atomic mass is 35.5. The molecule has 0 saturated carbocycles. The Morgan fingerprint density at radius 3 is 2.11 bits per heavy atom. The molecule has 0 spiro atoms. The largest absolute Gasteiger partial charge is 0.497 e. The topological polar surface area (TPSA) is 75.7 Å². The molecule has 0 aromatic heterocycles. The fraction of sp³-hybridized carbons (Fsp3) is 0.296. The Bertz CT molecular complexity index is 1270. The lowest BCUT2D eigenvalue weighted by Crippen LogP contribution is -2.41. The van der Waals surface area contributed by atoms with E-state index in [9.17, 15) is 13.2 Å². The van der Waals surface area contributed by atoms with Crippen molar-refractivity contribution in [2.45, 2.75) is 45.2 Å². The molecule has 1 N–H and O–H groups in total. The fourth-order valence-electron chi connectivity index (χ4n) is 4.15. The van der Waals surface area contributed by atoms with Gasteiger partial charge in [-0.2, -0.15) is 4.31 Å². The van der Waals surface area contributed by atoms with Crippen LogP contribution in [0, 0.1) is 20.8 Å². The lowest BCUT2D eigenvalue weighted by Gasteiger charge is -2.25. The molecule has 0 aliphatic heterocycles. The monoisotopic (exact) mass is 514 g/mol. The minimum atomic E-state index is -3.97. The van der Waals surface area contributed by atoms with Gasteiger partial charge in [0.25, 0.3) is 0 Å². The fourth-order valence-corrected chi connectivity index (χ4v) is 6.07. The van der Waals surface area contributed by atoms with Crippen molar-refractivity contribution in [1.82, 2.24) is 9.62 Å². The highest BCUT2D eigenvalue weighted by Crippen LogP contribution is 2.27. The molecule has 0 fully saturated rings. The molecule has 3 aromatic rings. The Morgan fingerprint density at radius 2 is 1.57 bits per heavy atom. The first-order chi connectivity index (χ1) is 16.5. The Balaban J connectivity index is 1.89. The summed E-state index contributed by atoms with van der Waals surface area (Å²) < 4.78 is 34.1. The van der Waals surface area contributed by atoms with E-state index in [4.69, 9.17) is 16.3 Å². The molecule has 8 heteroatoms. The second-order valence-electron chi connectivity index (χ2n) is 8.69. The van der Waals surface area contributed by atoms with E-state index >= 15 is 0 Å². The Kier molecular flexibility index (Phi) is 8.59. The summed E-state index contributed by atoms with van der Waals surface area (Å²) in [7, 11) is -2.38. The number of halogens is 1. The molecule has 0 unspecified atom stereocenters. The van der Waals surface area contributed by atoms with Gasteiger partial charge in [-0.3, -0.25) is 4.79 Å². The molecular formula is C27H31ClN2O4S. The van der Waals surface area contributed by atoms with E-state index in [1.54, 1.807) is 45.2 Å². The SMILES string of the molecule is COc1ccc([C@H](C)NC(=O)CN(Cc2ccc(Cl)cc2)S(=O)(=O)c2c(C)cc(C)cc2C)cc1. The third-order valence-corrected chi connectivity index (χ3v) is 8.14. The predicted octanol–water partition coefficient (Wildman–Crippen LogP) is 5.34. The van der Waals surface area contributed by atoms with Crippen LogP contribution in [-0.2, 0) is 21.4 Å². The molecule has 3 aromatic carbocycles. The summed E-state index contributed by atoms with van der Waals surface area (Å²) in [5.74, 6) is 0.324. The first-order valence-electron chi connectivity index (χ1n) is 11.3. The Hall–Kier alpha value is -2.87. The van der Waals surface area contributed by atoms with Gasteiger partial charge in [0.15, 0.2) is 0 Å². The number of rotatable bonds is 9. The van der Waals surface area contributed by atoms with E-state index in [0.717, 1.165) is 22.4 Å². The number of sulfonamides is 1. The quantitative estimate of drug-likeness (QED) is 0.418. The summed E-state index contributed by atoms with van der Waals surface area (Å²) in [4.78, 5) is 13.3. The highest BCUT2D eigenvalue weighted by Gasteiger charge is 2.30. The summed E-state index contributed by atoms with van der Waals surface area (Å²) in [6, 6.07) is 17.7. The zero-order valence-corrected chi connectivity index (χ0v) is 22.2. The lowest BCUT2D eigenvalue weighted by atomic mass is 10.1. The van der Waals surface area contributed by atoms with Gasteiger partial charge in [0.1, 0.15) is 5.75 Å². The number of nitrogens with zero attached hydrogens (tertiary/aromatic N) is 1. The Morgan fingerprint density at radius 1 is 1.00 bits per heavy atom. The number of carbonyl (C=O) groups excluding carboxylic acids is 1. The van der Waals surface area contributed by atoms with Crippen molar-refractivity contribution in [2.75, 3.05) is 13.7 Å². The second-order valence-corrected chi connectivity index (χ2v) is 11.0. The third-order valence-electron chi connectivity index (χ3n) is 5.79. The van der Waals surface area contributed by atoms with E-state index in [0.29, 0.717) is 16.1 Å². The first-order valence-corrected chi connectivity index (χ1v) is 13.1. The van der Waals surface area contributed by atoms with Crippen LogP contribution in [0.5, 0.6) is 5.75 Å². The number of amides is 1. The molecule has 0 bridgehead atoms. The molecule has 0 radical (unpaired) electrons. The summed E-state index contributed by atoms with van der Waals surface area (Å²) in [5, 5.41) is 3.47. The average molecular weight is 515 g/mol. The summed E-state index contributed by atoms with van der Waals surface area (Å²) >= 11 is 6.01. The van der Waals surface area contributed by atoms with Crippen molar-refractivity contribution >= 4 is 27.5 Å². The van der Waals surface area contributed by atoms with Gasteiger partial charge in [0, 0.05) is 11.6 Å². The molecule has 35 heavy (non-hydrogen) atoms. The number of aryl methyl sites for hydroxylation is 3. The van der Waals surface area contributed by atoms with Crippen molar-refractivity contribution in [3.05, 3.63) is 93.5 Å². The number of carbonyl (C=O) groups is 1. The van der Waals surface area contributed by atoms with Gasteiger partial charge in [-0.05, 0) is 74.2 Å². The molecular weight excluding hydrogens is 484 g/mol. The molecule has 3 rings (SSSR count). The van der Waals surface area contributed by atoms with Crippen LogP contribution in [0.2, 0.25) is 5.02 Å².